The van der Waals surface area contributed by atoms with Crippen molar-refractivity contribution in [1.29, 1.82) is 0 Å². The highest BCUT2D eigenvalue weighted by molar-refractivity contribution is 5.26. The van der Waals surface area contributed by atoms with Crippen molar-refractivity contribution in [3.05, 3.63) is 29.8 Å². The van der Waals surface area contributed by atoms with Gasteiger partial charge in [-0.2, -0.15) is 0 Å². The Balaban J connectivity index is 1.95. The second kappa shape index (κ2) is 6.80. The fraction of sp³-hybridized carbons (Fsp3) is 0.684. The zero-order chi connectivity index (χ0) is 17.3. The lowest BCUT2D eigenvalue weighted by atomic mass is 9.78. The van der Waals surface area contributed by atoms with Crippen molar-refractivity contribution in [1.82, 2.24) is 4.90 Å². The zero-order valence-electron chi connectivity index (χ0n) is 15.0. The van der Waals surface area contributed by atoms with Gasteiger partial charge in [-0.15, -0.1) is 0 Å². The molecule has 0 radical (unpaired) electrons. The summed E-state index contributed by atoms with van der Waals surface area (Å²) >= 11 is 0. The molecule has 2 N–H and O–H groups in total. The number of hydrogen-bond acceptors (Lipinski definition) is 4. The number of aryl methyl sites for hydroxylation is 1. The van der Waals surface area contributed by atoms with E-state index in [1.54, 1.807) is 0 Å². The lowest BCUT2D eigenvalue weighted by molar-refractivity contribution is -0.1000. The summed E-state index contributed by atoms with van der Waals surface area (Å²) in [5, 5.41) is 20.5. The van der Waals surface area contributed by atoms with Gasteiger partial charge in [-0.05, 0) is 59.6 Å². The van der Waals surface area contributed by atoms with Gasteiger partial charge in [0, 0.05) is 17.6 Å². The molecule has 0 unspecified atom stereocenters. The Kier molecular flexibility index (Phi) is 5.39. The van der Waals surface area contributed by atoms with Crippen LogP contribution in [0, 0.1) is 6.92 Å². The quantitative estimate of drug-likeness (QED) is 0.875. The summed E-state index contributed by atoms with van der Waals surface area (Å²) in [6, 6.07) is 7.85. The van der Waals surface area contributed by atoms with Crippen LogP contribution in [0.25, 0.3) is 0 Å². The average Bonchev–Trinajstić information content (AvgIpc) is 2.41. The molecule has 1 aromatic carbocycles. The van der Waals surface area contributed by atoms with E-state index in [0.29, 0.717) is 6.54 Å². The normalized spacial score (nSPS) is 22.7. The van der Waals surface area contributed by atoms with E-state index in [1.807, 2.05) is 31.2 Å². The van der Waals surface area contributed by atoms with Gasteiger partial charge in [0.05, 0.1) is 6.10 Å². The molecule has 1 heterocycles. The maximum absolute atomic E-state index is 10.4. The molecule has 23 heavy (non-hydrogen) atoms. The molecule has 1 atom stereocenters. The lowest BCUT2D eigenvalue weighted by Crippen LogP contribution is -2.63. The van der Waals surface area contributed by atoms with Gasteiger partial charge in [-0.1, -0.05) is 17.7 Å². The number of aliphatic hydroxyl groups excluding tert-OH is 2. The molecule has 0 amide bonds. The molecule has 1 aliphatic rings. The summed E-state index contributed by atoms with van der Waals surface area (Å²) in [6.45, 7) is 11.4. The van der Waals surface area contributed by atoms with Crippen molar-refractivity contribution >= 4 is 0 Å². The van der Waals surface area contributed by atoms with Crippen LogP contribution in [0.5, 0.6) is 5.75 Å². The third-order valence-corrected chi connectivity index (χ3v) is 4.79. The number of likely N-dealkylation sites (tertiary alicyclic amines) is 1. The standard InChI is InChI=1S/C19H31NO3/c1-14-6-8-17(9-7-14)23-13-16(22)12-20-18(2,3)10-15(21)11-19(20,4)5/h6-9,15-16,21-22H,10-13H2,1-5H3/t16-/m0/s1. The van der Waals surface area contributed by atoms with Gasteiger partial charge in [0.1, 0.15) is 18.5 Å². The second-order valence-electron chi connectivity index (χ2n) is 8.08. The van der Waals surface area contributed by atoms with Crippen molar-refractivity contribution in [2.24, 2.45) is 0 Å². The number of rotatable bonds is 5. The first kappa shape index (κ1) is 18.2. The van der Waals surface area contributed by atoms with E-state index >= 15 is 0 Å². The summed E-state index contributed by atoms with van der Waals surface area (Å²) in [5.41, 5.74) is 0.895. The van der Waals surface area contributed by atoms with Crippen molar-refractivity contribution < 1.29 is 14.9 Å². The van der Waals surface area contributed by atoms with E-state index in [2.05, 4.69) is 32.6 Å². The Bertz CT molecular complexity index is 492. The predicted molar refractivity (Wildman–Crippen MR) is 92.8 cm³/mol. The van der Waals surface area contributed by atoms with Crippen molar-refractivity contribution in [2.45, 2.75) is 70.7 Å². The van der Waals surface area contributed by atoms with Gasteiger partial charge >= 0.3 is 0 Å². The third-order valence-electron chi connectivity index (χ3n) is 4.79. The van der Waals surface area contributed by atoms with Gasteiger partial charge in [0.25, 0.3) is 0 Å². The third kappa shape index (κ3) is 4.69. The maximum atomic E-state index is 10.4. The molecule has 0 spiro atoms. The molecule has 4 nitrogen and oxygen atoms in total. The van der Waals surface area contributed by atoms with Crippen LogP contribution in [-0.2, 0) is 0 Å². The molecule has 2 rings (SSSR count). The Hall–Kier alpha value is -1.10. The van der Waals surface area contributed by atoms with Gasteiger partial charge in [-0.3, -0.25) is 4.90 Å². The summed E-state index contributed by atoms with van der Waals surface area (Å²) in [5.74, 6) is 0.780. The Morgan fingerprint density at radius 1 is 1.13 bits per heavy atom. The van der Waals surface area contributed by atoms with Crippen molar-refractivity contribution in [2.75, 3.05) is 13.2 Å². The van der Waals surface area contributed by atoms with E-state index in [9.17, 15) is 10.2 Å². The molecule has 0 saturated carbocycles. The minimum atomic E-state index is -0.565. The van der Waals surface area contributed by atoms with E-state index in [-0.39, 0.29) is 23.8 Å². The minimum Gasteiger partial charge on any atom is -0.491 e. The Morgan fingerprint density at radius 2 is 1.65 bits per heavy atom. The predicted octanol–water partition coefficient (Wildman–Crippen LogP) is 2.75. The van der Waals surface area contributed by atoms with Crippen LogP contribution in [0.1, 0.15) is 46.1 Å². The average molecular weight is 321 g/mol. The number of piperidine rings is 1. The first-order valence-electron chi connectivity index (χ1n) is 8.43. The van der Waals surface area contributed by atoms with Gasteiger partial charge in [0.15, 0.2) is 0 Å². The fourth-order valence-corrected chi connectivity index (χ4v) is 3.85. The molecule has 1 aromatic rings. The number of aliphatic hydroxyl groups is 2. The molecule has 1 fully saturated rings. The molecule has 0 bridgehead atoms. The summed E-state index contributed by atoms with van der Waals surface area (Å²) < 4.78 is 5.70. The number of benzene rings is 1. The first-order valence-corrected chi connectivity index (χ1v) is 8.43. The number of nitrogens with zero attached hydrogens (tertiary/aromatic N) is 1. The molecular weight excluding hydrogens is 290 g/mol. The Labute approximate surface area is 140 Å². The first-order chi connectivity index (χ1) is 10.6. The van der Waals surface area contributed by atoms with E-state index < -0.39 is 6.10 Å². The van der Waals surface area contributed by atoms with E-state index in [4.69, 9.17) is 4.74 Å². The van der Waals surface area contributed by atoms with Crippen LogP contribution in [0.2, 0.25) is 0 Å². The van der Waals surface area contributed by atoms with E-state index in [0.717, 1.165) is 18.6 Å². The molecule has 4 heteroatoms. The molecule has 1 aliphatic heterocycles. The minimum absolute atomic E-state index is 0.147. The second-order valence-corrected chi connectivity index (χ2v) is 8.08. The van der Waals surface area contributed by atoms with Gasteiger partial charge < -0.3 is 14.9 Å². The van der Waals surface area contributed by atoms with Gasteiger partial charge in [-0.25, -0.2) is 0 Å². The summed E-state index contributed by atoms with van der Waals surface area (Å²) in [7, 11) is 0. The van der Waals surface area contributed by atoms with E-state index in [1.165, 1.54) is 5.56 Å². The SMILES string of the molecule is Cc1ccc(OC[C@@H](O)CN2C(C)(C)CC(O)CC2(C)C)cc1. The highest BCUT2D eigenvalue weighted by Crippen LogP contribution is 2.38. The largest absolute Gasteiger partial charge is 0.491 e. The topological polar surface area (TPSA) is 52.9 Å². The highest BCUT2D eigenvalue weighted by Gasteiger charge is 2.45. The molecular formula is C19H31NO3. The van der Waals surface area contributed by atoms with Crippen LogP contribution in [-0.4, -0.2) is 51.6 Å². The number of β-amino-alcohol motifs (C(OH)–C–C–N with tert-alkyl or cyclic N) is 1. The van der Waals surface area contributed by atoms with Crippen molar-refractivity contribution in [3.8, 4) is 5.75 Å². The van der Waals surface area contributed by atoms with Crippen LogP contribution < -0.4 is 4.74 Å². The van der Waals surface area contributed by atoms with Crippen LogP contribution in [0.3, 0.4) is 0 Å². The molecule has 0 aliphatic carbocycles. The zero-order valence-corrected chi connectivity index (χ0v) is 15.0. The Morgan fingerprint density at radius 3 is 2.17 bits per heavy atom. The van der Waals surface area contributed by atoms with Gasteiger partial charge in [0.2, 0.25) is 0 Å². The number of hydrogen-bond donors (Lipinski definition) is 2. The van der Waals surface area contributed by atoms with Crippen molar-refractivity contribution in [3.63, 3.8) is 0 Å². The smallest absolute Gasteiger partial charge is 0.119 e. The molecule has 0 aromatic heterocycles. The monoisotopic (exact) mass is 321 g/mol. The van der Waals surface area contributed by atoms with Crippen LogP contribution in [0.4, 0.5) is 0 Å². The number of ether oxygens (including phenoxy) is 1. The summed E-state index contributed by atoms with van der Waals surface area (Å²) in [4.78, 5) is 2.30. The highest BCUT2D eigenvalue weighted by atomic mass is 16.5. The maximum Gasteiger partial charge on any atom is 0.119 e. The summed E-state index contributed by atoms with van der Waals surface area (Å²) in [6.07, 6.45) is 0.603. The molecule has 130 valence electrons. The fourth-order valence-electron chi connectivity index (χ4n) is 3.85. The lowest BCUT2D eigenvalue weighted by Gasteiger charge is -2.54. The van der Waals surface area contributed by atoms with Crippen LogP contribution >= 0.6 is 0 Å². The molecule has 1 saturated heterocycles. The van der Waals surface area contributed by atoms with Crippen LogP contribution in [0.15, 0.2) is 24.3 Å².